The van der Waals surface area contributed by atoms with Gasteiger partial charge in [0.1, 0.15) is 0 Å². The average Bonchev–Trinajstić information content (AvgIpc) is 2.18. The highest BCUT2D eigenvalue weighted by atomic mass is 19.4. The first-order valence-electron chi connectivity index (χ1n) is 5.56. The maximum absolute atomic E-state index is 12.1. The molecule has 0 spiro atoms. The molecule has 2 N–H and O–H groups in total. The van der Waals surface area contributed by atoms with Crippen LogP contribution in [0.15, 0.2) is 0 Å². The zero-order valence-electron chi connectivity index (χ0n) is 9.43. The minimum Gasteiger partial charge on any atom is -0.395 e. The van der Waals surface area contributed by atoms with Crippen LogP contribution in [-0.2, 0) is 0 Å². The van der Waals surface area contributed by atoms with Gasteiger partial charge in [0.15, 0.2) is 0 Å². The number of hydrogen-bond acceptors (Lipinski definition) is 3. The number of aliphatic hydroxyl groups excluding tert-OH is 1. The summed E-state index contributed by atoms with van der Waals surface area (Å²) in [6.45, 7) is 2.05. The third-order valence-electron chi connectivity index (χ3n) is 2.78. The highest BCUT2D eigenvalue weighted by molar-refractivity contribution is 4.80. The Balaban J connectivity index is 2.23. The van der Waals surface area contributed by atoms with E-state index in [2.05, 4.69) is 5.32 Å². The number of rotatable bonds is 4. The standard InChI is InChI=1S/C10H19F3N2O/c1-8(6-16)14-9-2-4-15(5-3-9)7-10(11,12)13/h8-9,14,16H,2-7H2,1H3/t8-/m0/s1. The fourth-order valence-electron chi connectivity index (χ4n) is 1.97. The Morgan fingerprint density at radius 1 is 1.38 bits per heavy atom. The number of halogens is 3. The van der Waals surface area contributed by atoms with Crippen molar-refractivity contribution in [3.05, 3.63) is 0 Å². The average molecular weight is 240 g/mol. The van der Waals surface area contributed by atoms with Gasteiger partial charge in [0, 0.05) is 12.1 Å². The molecule has 3 nitrogen and oxygen atoms in total. The van der Waals surface area contributed by atoms with Crippen molar-refractivity contribution in [1.82, 2.24) is 10.2 Å². The number of hydrogen-bond donors (Lipinski definition) is 2. The minimum absolute atomic E-state index is 0.0131. The molecular weight excluding hydrogens is 221 g/mol. The van der Waals surface area contributed by atoms with Gasteiger partial charge in [-0.3, -0.25) is 4.90 Å². The van der Waals surface area contributed by atoms with Crippen molar-refractivity contribution in [3.8, 4) is 0 Å². The van der Waals surface area contributed by atoms with Gasteiger partial charge in [-0.25, -0.2) is 0 Å². The van der Waals surface area contributed by atoms with Gasteiger partial charge >= 0.3 is 6.18 Å². The van der Waals surface area contributed by atoms with Crippen molar-refractivity contribution in [2.24, 2.45) is 0 Å². The maximum Gasteiger partial charge on any atom is 0.401 e. The second kappa shape index (κ2) is 5.84. The molecule has 0 unspecified atom stereocenters. The molecule has 0 aromatic carbocycles. The van der Waals surface area contributed by atoms with E-state index in [9.17, 15) is 13.2 Å². The number of likely N-dealkylation sites (tertiary alicyclic amines) is 1. The van der Waals surface area contributed by atoms with Crippen molar-refractivity contribution in [2.75, 3.05) is 26.2 Å². The van der Waals surface area contributed by atoms with E-state index in [0.717, 1.165) is 0 Å². The molecule has 1 saturated heterocycles. The Morgan fingerprint density at radius 2 is 1.94 bits per heavy atom. The van der Waals surface area contributed by atoms with E-state index in [4.69, 9.17) is 5.11 Å². The Morgan fingerprint density at radius 3 is 2.38 bits per heavy atom. The highest BCUT2D eigenvalue weighted by Gasteiger charge is 2.32. The van der Waals surface area contributed by atoms with Crippen LogP contribution in [0.2, 0.25) is 0 Å². The molecule has 6 heteroatoms. The zero-order valence-corrected chi connectivity index (χ0v) is 9.43. The molecule has 1 aliphatic heterocycles. The van der Waals surface area contributed by atoms with Gasteiger partial charge in [-0.05, 0) is 32.9 Å². The topological polar surface area (TPSA) is 35.5 Å². The number of aliphatic hydroxyl groups is 1. The van der Waals surface area contributed by atoms with Gasteiger partial charge in [0.2, 0.25) is 0 Å². The van der Waals surface area contributed by atoms with E-state index in [1.807, 2.05) is 6.92 Å². The first kappa shape index (κ1) is 13.7. The number of nitrogens with zero attached hydrogens (tertiary/aromatic N) is 1. The summed E-state index contributed by atoms with van der Waals surface area (Å²) in [5, 5.41) is 12.0. The monoisotopic (exact) mass is 240 g/mol. The van der Waals surface area contributed by atoms with Gasteiger partial charge in [0.25, 0.3) is 0 Å². The third kappa shape index (κ3) is 5.14. The molecule has 1 atom stereocenters. The lowest BCUT2D eigenvalue weighted by atomic mass is 10.0. The molecular formula is C10H19F3N2O. The summed E-state index contributed by atoms with van der Waals surface area (Å²) in [6, 6.07) is 0.241. The van der Waals surface area contributed by atoms with Crippen LogP contribution < -0.4 is 5.32 Å². The van der Waals surface area contributed by atoms with Crippen LogP contribution in [0.3, 0.4) is 0 Å². The van der Waals surface area contributed by atoms with Gasteiger partial charge < -0.3 is 10.4 Å². The summed E-state index contributed by atoms with van der Waals surface area (Å²) in [6.07, 6.45) is -2.68. The fraction of sp³-hybridized carbons (Fsp3) is 1.00. The molecule has 16 heavy (non-hydrogen) atoms. The molecule has 0 aromatic heterocycles. The van der Waals surface area contributed by atoms with Crippen molar-refractivity contribution < 1.29 is 18.3 Å². The first-order chi connectivity index (χ1) is 7.40. The molecule has 0 saturated carbocycles. The van der Waals surface area contributed by atoms with E-state index in [1.54, 1.807) is 0 Å². The van der Waals surface area contributed by atoms with Crippen LogP contribution in [0.25, 0.3) is 0 Å². The van der Waals surface area contributed by atoms with Crippen LogP contribution in [0.5, 0.6) is 0 Å². The molecule has 96 valence electrons. The highest BCUT2D eigenvalue weighted by Crippen LogP contribution is 2.19. The number of nitrogens with one attached hydrogen (secondary N) is 1. The van der Waals surface area contributed by atoms with E-state index in [0.29, 0.717) is 25.9 Å². The van der Waals surface area contributed by atoms with Crippen molar-refractivity contribution in [3.63, 3.8) is 0 Å². The third-order valence-corrected chi connectivity index (χ3v) is 2.78. The molecule has 1 fully saturated rings. The molecule has 1 heterocycles. The van der Waals surface area contributed by atoms with E-state index < -0.39 is 12.7 Å². The summed E-state index contributed by atoms with van der Waals surface area (Å²) < 4.78 is 36.3. The Bertz CT molecular complexity index is 203. The lowest BCUT2D eigenvalue weighted by Gasteiger charge is -2.33. The quantitative estimate of drug-likeness (QED) is 0.769. The lowest BCUT2D eigenvalue weighted by molar-refractivity contribution is -0.148. The Hall–Kier alpha value is -0.330. The Kier molecular flexibility index (Phi) is 5.01. The smallest absolute Gasteiger partial charge is 0.395 e. The first-order valence-corrected chi connectivity index (χ1v) is 5.56. The van der Waals surface area contributed by atoms with E-state index >= 15 is 0 Å². The van der Waals surface area contributed by atoms with Crippen molar-refractivity contribution >= 4 is 0 Å². The summed E-state index contributed by atoms with van der Waals surface area (Å²) in [5.74, 6) is 0. The van der Waals surface area contributed by atoms with E-state index in [1.165, 1.54) is 4.90 Å². The summed E-state index contributed by atoms with van der Waals surface area (Å²) >= 11 is 0. The Labute approximate surface area is 93.6 Å². The predicted molar refractivity (Wildman–Crippen MR) is 55.2 cm³/mol. The fourth-order valence-corrected chi connectivity index (χ4v) is 1.97. The van der Waals surface area contributed by atoms with Crippen LogP contribution >= 0.6 is 0 Å². The van der Waals surface area contributed by atoms with Crippen LogP contribution in [0.4, 0.5) is 13.2 Å². The molecule has 0 aliphatic carbocycles. The van der Waals surface area contributed by atoms with Crippen LogP contribution in [0.1, 0.15) is 19.8 Å². The normalized spacial score (nSPS) is 22.3. The van der Waals surface area contributed by atoms with E-state index in [-0.39, 0.29) is 18.7 Å². The van der Waals surface area contributed by atoms with Gasteiger partial charge in [-0.15, -0.1) is 0 Å². The molecule has 1 rings (SSSR count). The number of piperidine rings is 1. The SMILES string of the molecule is C[C@@H](CO)NC1CCN(CC(F)(F)F)CC1. The van der Waals surface area contributed by atoms with Gasteiger partial charge in [0.05, 0.1) is 13.2 Å². The summed E-state index contributed by atoms with van der Waals surface area (Å²) in [7, 11) is 0. The molecule has 0 amide bonds. The second-order valence-electron chi connectivity index (χ2n) is 4.42. The lowest BCUT2D eigenvalue weighted by Crippen LogP contribution is -2.48. The second-order valence-corrected chi connectivity index (χ2v) is 4.42. The largest absolute Gasteiger partial charge is 0.401 e. The zero-order chi connectivity index (χ0) is 12.2. The van der Waals surface area contributed by atoms with Gasteiger partial charge in [-0.2, -0.15) is 13.2 Å². The maximum atomic E-state index is 12.1. The summed E-state index contributed by atoms with van der Waals surface area (Å²) in [4.78, 5) is 1.43. The molecule has 0 bridgehead atoms. The van der Waals surface area contributed by atoms with Crippen LogP contribution in [-0.4, -0.2) is 54.5 Å². The summed E-state index contributed by atoms with van der Waals surface area (Å²) in [5.41, 5.74) is 0. The van der Waals surface area contributed by atoms with Crippen molar-refractivity contribution in [1.29, 1.82) is 0 Å². The van der Waals surface area contributed by atoms with Gasteiger partial charge in [-0.1, -0.05) is 0 Å². The van der Waals surface area contributed by atoms with Crippen LogP contribution in [0, 0.1) is 0 Å². The predicted octanol–water partition coefficient (Wildman–Crippen LogP) is 0.984. The molecule has 0 radical (unpaired) electrons. The number of alkyl halides is 3. The minimum atomic E-state index is -4.10. The molecule has 0 aromatic rings. The van der Waals surface area contributed by atoms with Crippen molar-refractivity contribution in [2.45, 2.75) is 38.0 Å². The molecule has 1 aliphatic rings.